The van der Waals surface area contributed by atoms with E-state index in [4.69, 9.17) is 4.42 Å². The number of thiophene rings is 2. The Labute approximate surface area is 130 Å². The van der Waals surface area contributed by atoms with E-state index in [-0.39, 0.29) is 11.9 Å². The normalized spacial score (nSPS) is 12.0. The van der Waals surface area contributed by atoms with Gasteiger partial charge in [-0.1, -0.05) is 6.07 Å². The number of carbonyl (C=O) groups is 1. The van der Waals surface area contributed by atoms with Crippen LogP contribution in [0.1, 0.15) is 16.6 Å². The minimum atomic E-state index is -0.203. The van der Waals surface area contributed by atoms with Crippen molar-refractivity contribution in [3.8, 4) is 0 Å². The summed E-state index contributed by atoms with van der Waals surface area (Å²) >= 11 is 3.15. The maximum atomic E-state index is 11.9. The number of rotatable bonds is 5. The SMILES string of the molecule is O=C(NC[C@@H](c1ccco1)c1cccs1)Nc1cccs1. The average molecular weight is 318 g/mol. The summed E-state index contributed by atoms with van der Waals surface area (Å²) in [4.78, 5) is 13.1. The number of urea groups is 1. The van der Waals surface area contributed by atoms with Gasteiger partial charge in [0.25, 0.3) is 0 Å². The molecule has 1 atom stereocenters. The maximum absolute atomic E-state index is 11.9. The Kier molecular flexibility index (Phi) is 4.37. The van der Waals surface area contributed by atoms with Crippen LogP contribution < -0.4 is 10.6 Å². The second kappa shape index (κ2) is 6.60. The average Bonchev–Trinajstić information content (AvgIpc) is 3.23. The van der Waals surface area contributed by atoms with Gasteiger partial charge < -0.3 is 9.73 Å². The van der Waals surface area contributed by atoms with E-state index in [9.17, 15) is 4.79 Å². The monoisotopic (exact) mass is 318 g/mol. The fourth-order valence-electron chi connectivity index (χ4n) is 2.02. The molecule has 0 radical (unpaired) electrons. The highest BCUT2D eigenvalue weighted by Crippen LogP contribution is 2.28. The second-order valence-corrected chi connectivity index (χ2v) is 6.32. The maximum Gasteiger partial charge on any atom is 0.319 e. The Balaban J connectivity index is 1.64. The van der Waals surface area contributed by atoms with Crippen molar-refractivity contribution in [3.63, 3.8) is 0 Å². The zero-order valence-electron chi connectivity index (χ0n) is 11.1. The highest BCUT2D eigenvalue weighted by molar-refractivity contribution is 7.14. The van der Waals surface area contributed by atoms with Crippen molar-refractivity contribution in [2.45, 2.75) is 5.92 Å². The number of carbonyl (C=O) groups excluding carboxylic acids is 1. The molecular weight excluding hydrogens is 304 g/mol. The molecule has 3 aromatic heterocycles. The van der Waals surface area contributed by atoms with E-state index in [1.54, 1.807) is 17.6 Å². The highest BCUT2D eigenvalue weighted by atomic mass is 32.1. The summed E-state index contributed by atoms with van der Waals surface area (Å²) in [6.07, 6.45) is 1.65. The zero-order valence-corrected chi connectivity index (χ0v) is 12.7. The van der Waals surface area contributed by atoms with Gasteiger partial charge in [-0.05, 0) is 41.1 Å². The standard InChI is InChI=1S/C15H14N2O2S2/c18-15(17-14-6-3-9-21-14)16-10-11(12-4-1-7-19-12)13-5-2-8-20-13/h1-9,11H,10H2,(H2,16,17,18)/t11-/m0/s1. The van der Waals surface area contributed by atoms with Gasteiger partial charge in [0.05, 0.1) is 17.2 Å². The van der Waals surface area contributed by atoms with Crippen LogP contribution in [-0.2, 0) is 0 Å². The van der Waals surface area contributed by atoms with Gasteiger partial charge in [0, 0.05) is 11.4 Å². The Morgan fingerprint density at radius 2 is 2.00 bits per heavy atom. The van der Waals surface area contributed by atoms with Crippen LogP contribution in [0.15, 0.2) is 57.8 Å². The van der Waals surface area contributed by atoms with Crippen LogP contribution in [0.25, 0.3) is 0 Å². The lowest BCUT2D eigenvalue weighted by Crippen LogP contribution is -2.32. The first-order valence-corrected chi connectivity index (χ1v) is 8.24. The van der Waals surface area contributed by atoms with Crippen LogP contribution >= 0.6 is 22.7 Å². The quantitative estimate of drug-likeness (QED) is 0.734. The van der Waals surface area contributed by atoms with E-state index >= 15 is 0 Å². The summed E-state index contributed by atoms with van der Waals surface area (Å²) in [6, 6.07) is 11.4. The molecule has 0 saturated carbocycles. The third kappa shape index (κ3) is 3.53. The summed E-state index contributed by atoms with van der Waals surface area (Å²) in [5.74, 6) is 0.892. The topological polar surface area (TPSA) is 54.3 Å². The number of hydrogen-bond donors (Lipinski definition) is 2. The van der Waals surface area contributed by atoms with Crippen LogP contribution in [0.5, 0.6) is 0 Å². The van der Waals surface area contributed by atoms with Gasteiger partial charge in [-0.25, -0.2) is 4.79 Å². The van der Waals surface area contributed by atoms with E-state index in [1.165, 1.54) is 16.2 Å². The van der Waals surface area contributed by atoms with E-state index in [0.29, 0.717) is 6.54 Å². The number of nitrogens with one attached hydrogen (secondary N) is 2. The highest BCUT2D eigenvalue weighted by Gasteiger charge is 2.19. The van der Waals surface area contributed by atoms with Crippen molar-refractivity contribution in [1.29, 1.82) is 0 Å². The Morgan fingerprint density at radius 3 is 2.67 bits per heavy atom. The summed E-state index contributed by atoms with van der Waals surface area (Å²) in [7, 11) is 0. The largest absolute Gasteiger partial charge is 0.469 e. The lowest BCUT2D eigenvalue weighted by atomic mass is 10.1. The van der Waals surface area contributed by atoms with Gasteiger partial charge in [0.15, 0.2) is 0 Å². The molecule has 0 aromatic carbocycles. The van der Waals surface area contributed by atoms with Crippen LogP contribution in [0, 0.1) is 0 Å². The van der Waals surface area contributed by atoms with Gasteiger partial charge in [0.2, 0.25) is 0 Å². The van der Waals surface area contributed by atoms with Crippen LogP contribution in [-0.4, -0.2) is 12.6 Å². The molecule has 6 heteroatoms. The molecule has 3 rings (SSSR count). The Hall–Kier alpha value is -2.05. The first-order valence-electron chi connectivity index (χ1n) is 6.48. The third-order valence-electron chi connectivity index (χ3n) is 3.00. The second-order valence-electron chi connectivity index (χ2n) is 4.40. The summed E-state index contributed by atoms with van der Waals surface area (Å²) in [5.41, 5.74) is 0. The predicted octanol–water partition coefficient (Wildman–Crippen LogP) is 4.36. The third-order valence-corrected chi connectivity index (χ3v) is 4.77. The van der Waals surface area contributed by atoms with E-state index in [1.807, 2.05) is 41.1 Å². The number of amides is 2. The molecule has 0 aliphatic carbocycles. The minimum Gasteiger partial charge on any atom is -0.469 e. The Bertz CT molecular complexity index is 626. The molecule has 4 nitrogen and oxygen atoms in total. The van der Waals surface area contributed by atoms with E-state index < -0.39 is 0 Å². The molecule has 108 valence electrons. The molecule has 0 fully saturated rings. The summed E-state index contributed by atoms with van der Waals surface area (Å²) in [6.45, 7) is 0.491. The van der Waals surface area contributed by atoms with E-state index in [0.717, 1.165) is 10.8 Å². The van der Waals surface area contributed by atoms with Crippen molar-refractivity contribution >= 4 is 33.7 Å². The summed E-state index contributed by atoms with van der Waals surface area (Å²) < 4.78 is 5.49. The van der Waals surface area contributed by atoms with Crippen LogP contribution in [0.2, 0.25) is 0 Å². The molecule has 2 amide bonds. The summed E-state index contributed by atoms with van der Waals surface area (Å²) in [5, 5.41) is 10.5. The van der Waals surface area contributed by atoms with Crippen molar-refractivity contribution in [1.82, 2.24) is 5.32 Å². The van der Waals surface area contributed by atoms with Crippen LogP contribution in [0.3, 0.4) is 0 Å². The van der Waals surface area contributed by atoms with Gasteiger partial charge in [-0.3, -0.25) is 5.32 Å². The first kappa shape index (κ1) is 13.9. The lowest BCUT2D eigenvalue weighted by molar-refractivity contribution is 0.251. The van der Waals surface area contributed by atoms with Gasteiger partial charge in [-0.2, -0.15) is 0 Å². The minimum absolute atomic E-state index is 0.0362. The molecule has 0 bridgehead atoms. The fraction of sp³-hybridized carbons (Fsp3) is 0.133. The lowest BCUT2D eigenvalue weighted by Gasteiger charge is -2.14. The molecule has 2 N–H and O–H groups in total. The molecule has 3 heterocycles. The van der Waals surface area contributed by atoms with Crippen molar-refractivity contribution in [2.24, 2.45) is 0 Å². The molecule has 0 spiro atoms. The molecule has 0 aliphatic heterocycles. The van der Waals surface area contributed by atoms with Crippen molar-refractivity contribution in [3.05, 3.63) is 64.1 Å². The molecular formula is C15H14N2O2S2. The Morgan fingerprint density at radius 1 is 1.14 bits per heavy atom. The zero-order chi connectivity index (χ0) is 14.5. The molecule has 0 aliphatic rings. The number of hydrogen-bond acceptors (Lipinski definition) is 4. The molecule has 0 saturated heterocycles. The molecule has 3 aromatic rings. The van der Waals surface area contributed by atoms with Crippen molar-refractivity contribution in [2.75, 3.05) is 11.9 Å². The fourth-order valence-corrected chi connectivity index (χ4v) is 3.47. The first-order chi connectivity index (χ1) is 10.3. The number of anilines is 1. The number of furan rings is 1. The van der Waals surface area contributed by atoms with Gasteiger partial charge in [0.1, 0.15) is 5.76 Å². The van der Waals surface area contributed by atoms with Crippen molar-refractivity contribution < 1.29 is 9.21 Å². The molecule has 0 unspecified atom stereocenters. The van der Waals surface area contributed by atoms with Gasteiger partial charge in [-0.15, -0.1) is 22.7 Å². The van der Waals surface area contributed by atoms with Gasteiger partial charge >= 0.3 is 6.03 Å². The smallest absolute Gasteiger partial charge is 0.319 e. The van der Waals surface area contributed by atoms with E-state index in [2.05, 4.69) is 16.7 Å². The molecule has 21 heavy (non-hydrogen) atoms. The predicted molar refractivity (Wildman–Crippen MR) is 86.2 cm³/mol. The van der Waals surface area contributed by atoms with Crippen LogP contribution in [0.4, 0.5) is 9.80 Å².